The standard InChI is InChI=1S/C12H18F3N3/c1-18(2)7-3-6-17-11-8-9(12(13,14)15)4-5-10(11)16/h4-5,8,17H,3,6-7,16H2,1-2H3. The smallest absolute Gasteiger partial charge is 0.397 e. The number of nitrogens with one attached hydrogen (secondary N) is 1. The first kappa shape index (κ1) is 14.6. The molecule has 0 spiro atoms. The maximum atomic E-state index is 12.5. The highest BCUT2D eigenvalue weighted by Gasteiger charge is 2.30. The summed E-state index contributed by atoms with van der Waals surface area (Å²) in [6.07, 6.45) is -3.50. The fraction of sp³-hybridized carbons (Fsp3) is 0.500. The molecule has 0 aliphatic rings. The first-order valence-corrected chi connectivity index (χ1v) is 5.66. The molecule has 0 amide bonds. The summed E-state index contributed by atoms with van der Waals surface area (Å²) in [5, 5.41) is 2.93. The summed E-state index contributed by atoms with van der Waals surface area (Å²) in [6.45, 7) is 1.45. The van der Waals surface area contributed by atoms with Gasteiger partial charge in [-0.05, 0) is 45.3 Å². The summed E-state index contributed by atoms with van der Waals surface area (Å²) < 4.78 is 37.6. The first-order valence-electron chi connectivity index (χ1n) is 5.66. The van der Waals surface area contributed by atoms with E-state index < -0.39 is 11.7 Å². The average molecular weight is 261 g/mol. The average Bonchev–Trinajstić information content (AvgIpc) is 2.24. The first-order chi connectivity index (χ1) is 8.30. The van der Waals surface area contributed by atoms with Crippen LogP contribution in [0.1, 0.15) is 12.0 Å². The van der Waals surface area contributed by atoms with Crippen molar-refractivity contribution in [3.8, 4) is 0 Å². The molecule has 0 radical (unpaired) electrons. The van der Waals surface area contributed by atoms with Gasteiger partial charge in [-0.2, -0.15) is 13.2 Å². The van der Waals surface area contributed by atoms with Crippen LogP contribution in [0.15, 0.2) is 18.2 Å². The maximum absolute atomic E-state index is 12.5. The van der Waals surface area contributed by atoms with E-state index in [1.54, 1.807) is 0 Å². The van der Waals surface area contributed by atoms with Crippen molar-refractivity contribution in [2.45, 2.75) is 12.6 Å². The van der Waals surface area contributed by atoms with Crippen molar-refractivity contribution in [3.63, 3.8) is 0 Å². The molecule has 18 heavy (non-hydrogen) atoms. The highest BCUT2D eigenvalue weighted by molar-refractivity contribution is 5.67. The molecule has 0 unspecified atom stereocenters. The van der Waals surface area contributed by atoms with Gasteiger partial charge in [0.25, 0.3) is 0 Å². The van der Waals surface area contributed by atoms with E-state index in [4.69, 9.17) is 5.73 Å². The molecular formula is C12H18F3N3. The third kappa shape index (κ3) is 4.44. The van der Waals surface area contributed by atoms with Gasteiger partial charge in [-0.3, -0.25) is 0 Å². The quantitative estimate of drug-likeness (QED) is 0.632. The molecule has 3 N–H and O–H groups in total. The van der Waals surface area contributed by atoms with Gasteiger partial charge in [0, 0.05) is 6.54 Å². The van der Waals surface area contributed by atoms with E-state index in [2.05, 4.69) is 5.32 Å². The second-order valence-electron chi connectivity index (χ2n) is 4.38. The minimum Gasteiger partial charge on any atom is -0.397 e. The molecule has 0 aliphatic heterocycles. The van der Waals surface area contributed by atoms with Gasteiger partial charge in [0.05, 0.1) is 16.9 Å². The van der Waals surface area contributed by atoms with Crippen LogP contribution < -0.4 is 11.1 Å². The third-order valence-electron chi connectivity index (χ3n) is 2.48. The Kier molecular flexibility index (Phi) is 4.84. The van der Waals surface area contributed by atoms with Crippen molar-refractivity contribution in [2.24, 2.45) is 0 Å². The molecule has 1 rings (SSSR count). The molecule has 0 heterocycles. The van der Waals surface area contributed by atoms with E-state index in [9.17, 15) is 13.2 Å². The van der Waals surface area contributed by atoms with E-state index >= 15 is 0 Å². The molecule has 0 aliphatic carbocycles. The lowest BCUT2D eigenvalue weighted by molar-refractivity contribution is -0.137. The highest BCUT2D eigenvalue weighted by Crippen LogP contribution is 2.32. The van der Waals surface area contributed by atoms with E-state index in [1.807, 2.05) is 19.0 Å². The third-order valence-corrected chi connectivity index (χ3v) is 2.48. The Morgan fingerprint density at radius 1 is 1.28 bits per heavy atom. The predicted octanol–water partition coefficient (Wildman–Crippen LogP) is 2.65. The summed E-state index contributed by atoms with van der Waals surface area (Å²) in [5.74, 6) is 0. The fourth-order valence-electron chi connectivity index (χ4n) is 1.50. The van der Waals surface area contributed by atoms with Crippen LogP contribution in [0.2, 0.25) is 0 Å². The lowest BCUT2D eigenvalue weighted by Gasteiger charge is -2.14. The van der Waals surface area contributed by atoms with Gasteiger partial charge in [-0.25, -0.2) is 0 Å². The minimum absolute atomic E-state index is 0.327. The molecule has 1 aromatic carbocycles. The Labute approximate surface area is 105 Å². The number of halogens is 3. The summed E-state index contributed by atoms with van der Waals surface area (Å²) in [4.78, 5) is 2.01. The number of nitrogen functional groups attached to an aromatic ring is 1. The Bertz CT molecular complexity index is 389. The van der Waals surface area contributed by atoms with Crippen LogP contribution in [0.3, 0.4) is 0 Å². The van der Waals surface area contributed by atoms with Gasteiger partial charge >= 0.3 is 6.18 Å². The maximum Gasteiger partial charge on any atom is 0.416 e. The summed E-state index contributed by atoms with van der Waals surface area (Å²) in [5.41, 5.74) is 5.61. The van der Waals surface area contributed by atoms with Crippen LogP contribution in [-0.4, -0.2) is 32.1 Å². The van der Waals surface area contributed by atoms with Crippen LogP contribution in [0.5, 0.6) is 0 Å². The second-order valence-corrected chi connectivity index (χ2v) is 4.38. The highest BCUT2D eigenvalue weighted by atomic mass is 19.4. The van der Waals surface area contributed by atoms with Crippen molar-refractivity contribution in [1.29, 1.82) is 0 Å². The lowest BCUT2D eigenvalue weighted by atomic mass is 10.1. The molecule has 102 valence electrons. The largest absolute Gasteiger partial charge is 0.416 e. The summed E-state index contributed by atoms with van der Waals surface area (Å²) in [7, 11) is 3.89. The number of hydrogen-bond acceptors (Lipinski definition) is 3. The molecule has 0 bridgehead atoms. The van der Waals surface area contributed by atoms with Crippen LogP contribution in [-0.2, 0) is 6.18 Å². The molecule has 0 atom stereocenters. The zero-order chi connectivity index (χ0) is 13.8. The van der Waals surface area contributed by atoms with E-state index in [0.717, 1.165) is 25.1 Å². The molecule has 0 aromatic heterocycles. The molecule has 1 aromatic rings. The number of anilines is 2. The fourth-order valence-corrected chi connectivity index (χ4v) is 1.50. The molecule has 0 saturated heterocycles. The molecule has 0 fully saturated rings. The SMILES string of the molecule is CN(C)CCCNc1cc(C(F)(F)F)ccc1N. The van der Waals surface area contributed by atoms with Crippen LogP contribution >= 0.6 is 0 Å². The van der Waals surface area contributed by atoms with Crippen LogP contribution in [0, 0.1) is 0 Å². The zero-order valence-corrected chi connectivity index (χ0v) is 10.5. The number of hydrogen-bond donors (Lipinski definition) is 2. The van der Waals surface area contributed by atoms with Crippen molar-refractivity contribution >= 4 is 11.4 Å². The molecule has 0 saturated carbocycles. The normalized spacial score (nSPS) is 11.9. The summed E-state index contributed by atoms with van der Waals surface area (Å²) in [6, 6.07) is 3.31. The number of rotatable bonds is 5. The van der Waals surface area contributed by atoms with Crippen LogP contribution in [0.25, 0.3) is 0 Å². The number of nitrogens with two attached hydrogens (primary N) is 1. The lowest BCUT2D eigenvalue weighted by Crippen LogP contribution is -2.17. The topological polar surface area (TPSA) is 41.3 Å². The number of alkyl halides is 3. The molecular weight excluding hydrogens is 243 g/mol. The summed E-state index contributed by atoms with van der Waals surface area (Å²) >= 11 is 0. The zero-order valence-electron chi connectivity index (χ0n) is 10.5. The van der Waals surface area contributed by atoms with Crippen molar-refractivity contribution in [2.75, 3.05) is 38.2 Å². The Hall–Kier alpha value is -1.43. The van der Waals surface area contributed by atoms with Crippen molar-refractivity contribution < 1.29 is 13.2 Å². The van der Waals surface area contributed by atoms with Gasteiger partial charge in [0.1, 0.15) is 0 Å². The Balaban J connectivity index is 2.64. The van der Waals surface area contributed by atoms with E-state index in [0.29, 0.717) is 17.9 Å². The van der Waals surface area contributed by atoms with E-state index in [1.165, 1.54) is 6.07 Å². The van der Waals surface area contributed by atoms with E-state index in [-0.39, 0.29) is 0 Å². The molecule has 6 heteroatoms. The van der Waals surface area contributed by atoms with Gasteiger partial charge < -0.3 is 16.0 Å². The van der Waals surface area contributed by atoms with Gasteiger partial charge in [-0.1, -0.05) is 0 Å². The van der Waals surface area contributed by atoms with Gasteiger partial charge in [0.2, 0.25) is 0 Å². The van der Waals surface area contributed by atoms with Gasteiger partial charge in [-0.15, -0.1) is 0 Å². The minimum atomic E-state index is -4.34. The second kappa shape index (κ2) is 5.95. The van der Waals surface area contributed by atoms with Crippen LogP contribution in [0.4, 0.5) is 24.5 Å². The van der Waals surface area contributed by atoms with Crippen molar-refractivity contribution in [1.82, 2.24) is 4.90 Å². The monoisotopic (exact) mass is 261 g/mol. The van der Waals surface area contributed by atoms with Gasteiger partial charge in [0.15, 0.2) is 0 Å². The number of benzene rings is 1. The Morgan fingerprint density at radius 2 is 1.94 bits per heavy atom. The van der Waals surface area contributed by atoms with Crippen molar-refractivity contribution in [3.05, 3.63) is 23.8 Å². The molecule has 3 nitrogen and oxygen atoms in total. The predicted molar refractivity (Wildman–Crippen MR) is 67.5 cm³/mol. The Morgan fingerprint density at radius 3 is 2.50 bits per heavy atom. The number of nitrogens with zero attached hydrogens (tertiary/aromatic N) is 1.